The van der Waals surface area contributed by atoms with Crippen molar-refractivity contribution in [3.8, 4) is 0 Å². The van der Waals surface area contributed by atoms with Crippen molar-refractivity contribution < 1.29 is 14.7 Å². The Morgan fingerprint density at radius 2 is 2.00 bits per heavy atom. The van der Waals surface area contributed by atoms with Crippen molar-refractivity contribution in [3.05, 3.63) is 11.1 Å². The number of rotatable bonds is 5. The number of hydrogen-bond acceptors (Lipinski definition) is 5. The first-order chi connectivity index (χ1) is 8.56. The van der Waals surface area contributed by atoms with E-state index in [1.807, 2.05) is 0 Å². The van der Waals surface area contributed by atoms with Crippen molar-refractivity contribution >= 4 is 28.3 Å². The molecular weight excluding hydrogens is 266 g/mol. The zero-order valence-corrected chi connectivity index (χ0v) is 12.3. The normalized spacial score (nSPS) is 12.2. The Kier molecular flexibility index (Phi) is 4.19. The fourth-order valence-corrected chi connectivity index (χ4v) is 1.95. The fraction of sp³-hybridized carbons (Fsp3) is 0.583. The lowest BCUT2D eigenvalue weighted by Crippen LogP contribution is -2.57. The van der Waals surface area contributed by atoms with Gasteiger partial charge in [-0.1, -0.05) is 0 Å². The maximum absolute atomic E-state index is 11.9. The zero-order chi connectivity index (χ0) is 14.8. The molecule has 0 unspecified atom stereocenters. The third-order valence-corrected chi connectivity index (χ3v) is 4.18. The van der Waals surface area contributed by atoms with Gasteiger partial charge in [-0.25, -0.2) is 4.98 Å². The molecule has 0 atom stereocenters. The highest BCUT2D eigenvalue weighted by Gasteiger charge is 2.44. The molecular formula is C12H19N3O3S. The molecule has 0 bridgehead atoms. The highest BCUT2D eigenvalue weighted by molar-refractivity contribution is 7.13. The second-order valence-corrected chi connectivity index (χ2v) is 6.35. The first-order valence-corrected chi connectivity index (χ1v) is 6.68. The number of carboxylic acid groups (broad SMARTS) is 1. The van der Waals surface area contributed by atoms with E-state index in [4.69, 9.17) is 5.73 Å². The van der Waals surface area contributed by atoms with Gasteiger partial charge < -0.3 is 16.2 Å². The lowest BCUT2D eigenvalue weighted by atomic mass is 9.74. The number of hydrogen-bond donors (Lipinski definition) is 3. The zero-order valence-electron chi connectivity index (χ0n) is 11.5. The van der Waals surface area contributed by atoms with Gasteiger partial charge in [-0.05, 0) is 27.7 Å². The van der Waals surface area contributed by atoms with Crippen molar-refractivity contribution in [2.75, 3.05) is 5.73 Å². The van der Waals surface area contributed by atoms with E-state index in [1.165, 1.54) is 11.3 Å². The van der Waals surface area contributed by atoms with Crippen LogP contribution in [0.15, 0.2) is 5.38 Å². The van der Waals surface area contributed by atoms with Crippen LogP contribution in [0.3, 0.4) is 0 Å². The van der Waals surface area contributed by atoms with E-state index < -0.39 is 16.9 Å². The largest absolute Gasteiger partial charge is 0.481 e. The average molecular weight is 285 g/mol. The second-order valence-electron chi connectivity index (χ2n) is 5.46. The van der Waals surface area contributed by atoms with Gasteiger partial charge >= 0.3 is 5.97 Å². The molecule has 0 radical (unpaired) electrons. The molecule has 0 aliphatic rings. The summed E-state index contributed by atoms with van der Waals surface area (Å²) in [6.07, 6.45) is 0.0901. The number of anilines is 1. The summed E-state index contributed by atoms with van der Waals surface area (Å²) in [5.41, 5.74) is 4.12. The minimum Gasteiger partial charge on any atom is -0.481 e. The van der Waals surface area contributed by atoms with E-state index in [0.29, 0.717) is 10.8 Å². The Balaban J connectivity index is 2.73. The smallest absolute Gasteiger partial charge is 0.311 e. The van der Waals surface area contributed by atoms with Crippen molar-refractivity contribution in [2.45, 2.75) is 39.7 Å². The van der Waals surface area contributed by atoms with Crippen LogP contribution in [0.2, 0.25) is 0 Å². The number of carbonyl (C=O) groups is 2. The monoisotopic (exact) mass is 285 g/mol. The van der Waals surface area contributed by atoms with Crippen molar-refractivity contribution in [3.63, 3.8) is 0 Å². The summed E-state index contributed by atoms with van der Waals surface area (Å²) in [5.74, 6) is -1.24. The molecule has 1 aromatic rings. The first kappa shape index (κ1) is 15.4. The SMILES string of the molecule is CC(C)(NC(=O)Cc1csc(N)n1)C(C)(C)C(=O)O. The van der Waals surface area contributed by atoms with E-state index in [-0.39, 0.29) is 12.3 Å². The summed E-state index contributed by atoms with van der Waals surface area (Å²) in [7, 11) is 0. The molecule has 1 rings (SSSR count). The molecule has 1 amide bonds. The molecule has 19 heavy (non-hydrogen) atoms. The predicted molar refractivity (Wildman–Crippen MR) is 73.9 cm³/mol. The van der Waals surface area contributed by atoms with E-state index in [0.717, 1.165) is 0 Å². The number of nitrogen functional groups attached to an aromatic ring is 1. The summed E-state index contributed by atoms with van der Waals surface area (Å²) in [4.78, 5) is 27.2. The maximum atomic E-state index is 11.9. The van der Waals surface area contributed by atoms with Crippen LogP contribution in [0.1, 0.15) is 33.4 Å². The Morgan fingerprint density at radius 1 is 1.42 bits per heavy atom. The van der Waals surface area contributed by atoms with Crippen LogP contribution < -0.4 is 11.1 Å². The predicted octanol–water partition coefficient (Wildman–Crippen LogP) is 1.27. The summed E-state index contributed by atoms with van der Waals surface area (Å²) < 4.78 is 0. The Bertz CT molecular complexity index is 494. The van der Waals surface area contributed by atoms with Crippen LogP contribution in [-0.4, -0.2) is 27.5 Å². The van der Waals surface area contributed by atoms with Gasteiger partial charge in [-0.3, -0.25) is 9.59 Å². The molecule has 0 saturated carbocycles. The van der Waals surface area contributed by atoms with Crippen molar-refractivity contribution in [2.24, 2.45) is 5.41 Å². The Hall–Kier alpha value is -1.63. The van der Waals surface area contributed by atoms with Gasteiger partial charge in [0.15, 0.2) is 5.13 Å². The molecule has 0 aliphatic heterocycles. The molecule has 1 aromatic heterocycles. The van der Waals surface area contributed by atoms with E-state index in [9.17, 15) is 14.7 Å². The topological polar surface area (TPSA) is 105 Å². The van der Waals surface area contributed by atoms with Crippen LogP contribution >= 0.6 is 11.3 Å². The van der Waals surface area contributed by atoms with Crippen LogP contribution in [-0.2, 0) is 16.0 Å². The number of nitrogens with two attached hydrogens (primary N) is 1. The van der Waals surface area contributed by atoms with Gasteiger partial charge in [0, 0.05) is 10.9 Å². The Labute approximate surface area is 116 Å². The molecule has 6 nitrogen and oxygen atoms in total. The van der Waals surface area contributed by atoms with Gasteiger partial charge in [0.2, 0.25) is 5.91 Å². The average Bonchev–Trinajstić information content (AvgIpc) is 2.62. The standard InChI is InChI=1S/C12H19N3O3S/c1-11(2,9(17)18)12(3,4)15-8(16)5-7-6-19-10(13)14-7/h6H,5H2,1-4H3,(H2,13,14)(H,15,16)(H,17,18). The number of amides is 1. The van der Waals surface area contributed by atoms with Crippen LogP contribution in [0.4, 0.5) is 5.13 Å². The third kappa shape index (κ3) is 3.44. The molecule has 0 fully saturated rings. The van der Waals surface area contributed by atoms with E-state index in [1.54, 1.807) is 33.1 Å². The van der Waals surface area contributed by atoms with Crippen LogP contribution in [0, 0.1) is 5.41 Å². The number of carboxylic acids is 1. The fourth-order valence-electron chi connectivity index (χ4n) is 1.38. The Morgan fingerprint density at radius 3 is 2.42 bits per heavy atom. The summed E-state index contributed by atoms with van der Waals surface area (Å²) >= 11 is 1.27. The summed E-state index contributed by atoms with van der Waals surface area (Å²) in [5, 5.41) is 14.1. The third-order valence-electron chi connectivity index (χ3n) is 3.46. The lowest BCUT2D eigenvalue weighted by Gasteiger charge is -2.38. The van der Waals surface area contributed by atoms with E-state index in [2.05, 4.69) is 10.3 Å². The lowest BCUT2D eigenvalue weighted by molar-refractivity contribution is -0.151. The second kappa shape index (κ2) is 5.16. The number of thiazole rings is 1. The maximum Gasteiger partial charge on any atom is 0.311 e. The number of carbonyl (C=O) groups excluding carboxylic acids is 1. The van der Waals surface area contributed by atoms with Gasteiger partial charge in [-0.2, -0.15) is 0 Å². The highest BCUT2D eigenvalue weighted by Crippen LogP contribution is 2.30. The van der Waals surface area contributed by atoms with E-state index >= 15 is 0 Å². The molecule has 106 valence electrons. The van der Waals surface area contributed by atoms with Gasteiger partial charge in [-0.15, -0.1) is 11.3 Å². The minimum absolute atomic E-state index is 0.0901. The van der Waals surface area contributed by atoms with Crippen LogP contribution in [0.5, 0.6) is 0 Å². The molecule has 0 spiro atoms. The molecule has 0 aromatic carbocycles. The van der Waals surface area contributed by atoms with Gasteiger partial charge in [0.25, 0.3) is 0 Å². The van der Waals surface area contributed by atoms with Gasteiger partial charge in [0.1, 0.15) is 0 Å². The summed E-state index contributed by atoms with van der Waals surface area (Å²) in [6, 6.07) is 0. The van der Waals surface area contributed by atoms with Crippen molar-refractivity contribution in [1.82, 2.24) is 10.3 Å². The number of aromatic nitrogens is 1. The summed E-state index contributed by atoms with van der Waals surface area (Å²) in [6.45, 7) is 6.54. The first-order valence-electron chi connectivity index (χ1n) is 5.80. The quantitative estimate of drug-likeness (QED) is 0.755. The number of nitrogens with one attached hydrogen (secondary N) is 1. The molecule has 0 aliphatic carbocycles. The molecule has 1 heterocycles. The van der Waals surface area contributed by atoms with Crippen LogP contribution in [0.25, 0.3) is 0 Å². The minimum atomic E-state index is -1.08. The molecule has 0 saturated heterocycles. The number of nitrogens with zero attached hydrogens (tertiary/aromatic N) is 1. The molecule has 7 heteroatoms. The van der Waals surface area contributed by atoms with Crippen molar-refractivity contribution in [1.29, 1.82) is 0 Å². The molecule has 4 N–H and O–H groups in total. The number of aliphatic carboxylic acids is 1. The highest BCUT2D eigenvalue weighted by atomic mass is 32.1. The van der Waals surface area contributed by atoms with Gasteiger partial charge in [0.05, 0.1) is 17.5 Å².